The summed E-state index contributed by atoms with van der Waals surface area (Å²) in [4.78, 5) is 16.6. The molecule has 1 fully saturated rings. The van der Waals surface area contributed by atoms with Crippen molar-refractivity contribution in [3.63, 3.8) is 0 Å². The van der Waals surface area contributed by atoms with Crippen LogP contribution in [0.5, 0.6) is 0 Å². The van der Waals surface area contributed by atoms with Crippen molar-refractivity contribution in [2.45, 2.75) is 31.8 Å². The normalized spacial score (nSPS) is 23.2. The molecule has 0 aliphatic carbocycles. The maximum atomic E-state index is 10.2. The van der Waals surface area contributed by atoms with E-state index in [1.165, 1.54) is 5.56 Å². The lowest BCUT2D eigenvalue weighted by Crippen LogP contribution is -2.03. The molecule has 1 aromatic rings. The Morgan fingerprint density at radius 1 is 1.33 bits per heavy atom. The first-order chi connectivity index (χ1) is 7.82. The summed E-state index contributed by atoms with van der Waals surface area (Å²) in [5.74, 6) is -0.817. The Kier molecular flexibility index (Phi) is 6.70. The van der Waals surface area contributed by atoms with Gasteiger partial charge in [-0.3, -0.25) is 4.57 Å². The Morgan fingerprint density at radius 3 is 1.94 bits per heavy atom. The van der Waals surface area contributed by atoms with Gasteiger partial charge in [0.1, 0.15) is 0 Å². The van der Waals surface area contributed by atoms with Gasteiger partial charge in [-0.1, -0.05) is 30.3 Å². The number of rotatable bonds is 2. The summed E-state index contributed by atoms with van der Waals surface area (Å²) in [6.45, 7) is 3.61. The summed E-state index contributed by atoms with van der Waals surface area (Å²) in [7, 11) is -3.90. The van der Waals surface area contributed by atoms with Gasteiger partial charge >= 0.3 is 7.60 Å². The van der Waals surface area contributed by atoms with Gasteiger partial charge in [0.25, 0.3) is 0 Å². The van der Waals surface area contributed by atoms with E-state index in [0.717, 1.165) is 0 Å². The van der Waals surface area contributed by atoms with Gasteiger partial charge in [-0.05, 0) is 19.4 Å². The molecule has 3 atom stereocenters. The molecule has 0 aromatic heterocycles. The van der Waals surface area contributed by atoms with Gasteiger partial charge in [-0.15, -0.1) is 0 Å². The van der Waals surface area contributed by atoms with Crippen molar-refractivity contribution in [1.29, 1.82) is 0 Å². The summed E-state index contributed by atoms with van der Waals surface area (Å²) >= 11 is 0. The third-order valence-electron chi connectivity index (χ3n) is 2.34. The molecule has 0 amide bonds. The van der Waals surface area contributed by atoms with Crippen LogP contribution in [0.25, 0.3) is 0 Å². The Bertz CT molecular complexity index is 392. The molecule has 0 spiro atoms. The fourth-order valence-corrected chi connectivity index (χ4v) is 2.18. The van der Waals surface area contributed by atoms with Crippen LogP contribution in [0.15, 0.2) is 30.3 Å². The van der Waals surface area contributed by atoms with Crippen LogP contribution in [0.3, 0.4) is 0 Å². The lowest BCUT2D eigenvalue weighted by Gasteiger charge is -2.02. The SMILES string of the molecule is C[C@@H](N)c1ccccc1.C[C@@H]1O[C@@H]1P(=O)(O)O.O. The van der Waals surface area contributed by atoms with Crippen LogP contribution in [-0.4, -0.2) is 27.2 Å². The fraction of sp³-hybridized carbons (Fsp3) is 0.455. The molecule has 1 aliphatic heterocycles. The molecule has 0 bridgehead atoms. The average Bonchev–Trinajstić information content (AvgIpc) is 2.98. The Labute approximate surface area is 106 Å². The van der Waals surface area contributed by atoms with Crippen molar-refractivity contribution in [2.75, 3.05) is 0 Å². The van der Waals surface area contributed by atoms with Gasteiger partial charge in [0.2, 0.25) is 0 Å². The average molecular weight is 277 g/mol. The highest BCUT2D eigenvalue weighted by Crippen LogP contribution is 2.52. The molecular formula is C11H20NO5P. The summed E-state index contributed by atoms with van der Waals surface area (Å²) in [6.07, 6.45) is -0.254. The van der Waals surface area contributed by atoms with Crippen molar-refractivity contribution in [3.05, 3.63) is 35.9 Å². The largest absolute Gasteiger partial charge is 0.412 e. The lowest BCUT2D eigenvalue weighted by atomic mass is 10.1. The van der Waals surface area contributed by atoms with Crippen LogP contribution in [0.1, 0.15) is 25.5 Å². The molecule has 6 nitrogen and oxygen atoms in total. The maximum absolute atomic E-state index is 10.2. The predicted octanol–water partition coefficient (Wildman–Crippen LogP) is 0.790. The van der Waals surface area contributed by atoms with Crippen LogP contribution in [-0.2, 0) is 9.30 Å². The van der Waals surface area contributed by atoms with Gasteiger partial charge in [0, 0.05) is 6.04 Å². The molecule has 18 heavy (non-hydrogen) atoms. The quantitative estimate of drug-likeness (QED) is 0.544. The molecule has 1 heterocycles. The number of hydrogen-bond donors (Lipinski definition) is 3. The molecule has 7 heteroatoms. The van der Waals surface area contributed by atoms with Crippen LogP contribution in [0.4, 0.5) is 0 Å². The minimum Gasteiger partial charge on any atom is -0.412 e. The summed E-state index contributed by atoms with van der Waals surface area (Å²) < 4.78 is 14.7. The highest BCUT2D eigenvalue weighted by atomic mass is 31.2. The van der Waals surface area contributed by atoms with E-state index in [0.29, 0.717) is 0 Å². The molecule has 2 rings (SSSR count). The molecule has 0 saturated carbocycles. The van der Waals surface area contributed by atoms with Crippen molar-refractivity contribution in [3.8, 4) is 0 Å². The number of benzene rings is 1. The van der Waals surface area contributed by atoms with Gasteiger partial charge in [0.15, 0.2) is 5.85 Å². The minimum absolute atomic E-state index is 0. The zero-order valence-corrected chi connectivity index (χ0v) is 11.2. The first-order valence-corrected chi connectivity index (χ1v) is 7.01. The molecular weight excluding hydrogens is 257 g/mol. The lowest BCUT2D eigenvalue weighted by molar-refractivity contribution is 0.333. The fourth-order valence-electron chi connectivity index (χ4n) is 1.28. The highest BCUT2D eigenvalue weighted by molar-refractivity contribution is 7.52. The van der Waals surface area contributed by atoms with E-state index in [9.17, 15) is 4.57 Å². The van der Waals surface area contributed by atoms with Gasteiger partial charge in [-0.2, -0.15) is 0 Å². The highest BCUT2D eigenvalue weighted by Gasteiger charge is 2.48. The Hall–Kier alpha value is -0.750. The standard InChI is InChI=1S/C8H11N.C3H7O4P.H2O/c1-7(9)8-5-3-2-4-6-8;1-2-3(7-2)8(4,5)6;/h2-7H,9H2,1H3;2-3H,1H3,(H2,4,5,6);1H2/t7-;2-,3+;/m10./s1. The van der Waals surface area contributed by atoms with Gasteiger partial charge in [-0.25, -0.2) is 0 Å². The van der Waals surface area contributed by atoms with E-state index in [-0.39, 0.29) is 17.6 Å². The molecule has 1 aliphatic rings. The van der Waals surface area contributed by atoms with Crippen LogP contribution in [0.2, 0.25) is 0 Å². The van der Waals surface area contributed by atoms with Crippen molar-refractivity contribution in [2.24, 2.45) is 5.73 Å². The van der Waals surface area contributed by atoms with Crippen LogP contribution < -0.4 is 5.73 Å². The topological polar surface area (TPSA) is 128 Å². The summed E-state index contributed by atoms with van der Waals surface area (Å²) in [6, 6.07) is 10.2. The molecule has 1 saturated heterocycles. The molecule has 1 aromatic carbocycles. The number of hydrogen-bond acceptors (Lipinski definition) is 3. The Balaban J connectivity index is 0.000000306. The Morgan fingerprint density at radius 2 is 1.78 bits per heavy atom. The van der Waals surface area contributed by atoms with Gasteiger partial charge in [0.05, 0.1) is 6.10 Å². The van der Waals surface area contributed by atoms with Crippen molar-refractivity contribution in [1.82, 2.24) is 0 Å². The number of epoxide rings is 1. The minimum atomic E-state index is -3.90. The molecule has 6 N–H and O–H groups in total. The van der Waals surface area contributed by atoms with Crippen molar-refractivity contribution >= 4 is 7.60 Å². The monoisotopic (exact) mass is 277 g/mol. The summed E-state index contributed by atoms with van der Waals surface area (Å²) in [5.41, 5.74) is 6.81. The molecule has 0 unspecified atom stereocenters. The van der Waals surface area contributed by atoms with Crippen molar-refractivity contribution < 1.29 is 24.6 Å². The molecule has 104 valence electrons. The van der Waals surface area contributed by atoms with Crippen LogP contribution >= 0.6 is 7.60 Å². The van der Waals surface area contributed by atoms with E-state index in [1.807, 2.05) is 37.3 Å². The number of nitrogens with two attached hydrogens (primary N) is 1. The third-order valence-corrected chi connectivity index (χ3v) is 3.54. The van der Waals surface area contributed by atoms with Gasteiger partial charge < -0.3 is 25.7 Å². The van der Waals surface area contributed by atoms with E-state index in [1.54, 1.807) is 6.92 Å². The first-order valence-electron chi connectivity index (χ1n) is 5.33. The smallest absolute Gasteiger partial charge is 0.356 e. The van der Waals surface area contributed by atoms with E-state index >= 15 is 0 Å². The zero-order valence-electron chi connectivity index (χ0n) is 10.4. The first kappa shape index (κ1) is 17.2. The van der Waals surface area contributed by atoms with Crippen LogP contribution in [0, 0.1) is 0 Å². The van der Waals surface area contributed by atoms with E-state index in [2.05, 4.69) is 4.74 Å². The third kappa shape index (κ3) is 5.73. The second-order valence-electron chi connectivity index (χ2n) is 4.02. The van der Waals surface area contributed by atoms with E-state index < -0.39 is 13.4 Å². The maximum Gasteiger partial charge on any atom is 0.356 e. The summed E-state index contributed by atoms with van der Waals surface area (Å²) in [5, 5.41) is 0. The predicted molar refractivity (Wildman–Crippen MR) is 69.0 cm³/mol. The molecule has 0 radical (unpaired) electrons. The second-order valence-corrected chi connectivity index (χ2v) is 5.71. The zero-order chi connectivity index (χ0) is 13.1. The number of ether oxygens (including phenoxy) is 1. The second kappa shape index (κ2) is 6.99. The van der Waals surface area contributed by atoms with E-state index in [4.69, 9.17) is 15.5 Å².